The zero-order valence-corrected chi connectivity index (χ0v) is 6.58. The van der Waals surface area contributed by atoms with Gasteiger partial charge in [-0.05, 0) is 17.9 Å². The third-order valence-corrected chi connectivity index (χ3v) is 1.38. The van der Waals surface area contributed by atoms with E-state index in [2.05, 4.69) is 0 Å². The van der Waals surface area contributed by atoms with E-state index in [1.165, 1.54) is 4.33 Å². The first kappa shape index (κ1) is 7.32. The van der Waals surface area contributed by atoms with Crippen molar-refractivity contribution >= 4 is 42.4 Å². The van der Waals surface area contributed by atoms with Gasteiger partial charge in [0.25, 0.3) is 0 Å². The molecule has 1 aliphatic rings. The van der Waals surface area contributed by atoms with Gasteiger partial charge in [-0.25, -0.2) is 0 Å². The van der Waals surface area contributed by atoms with E-state index in [0.29, 0.717) is 9.96 Å². The second-order valence-corrected chi connectivity index (χ2v) is 2.78. The fourth-order valence-electron chi connectivity index (χ4n) is 0.479. The summed E-state index contributed by atoms with van der Waals surface area (Å²) in [6.07, 6.45) is 3.16. The molecule has 0 fully saturated rings. The van der Waals surface area contributed by atoms with Gasteiger partial charge < -0.3 is 4.33 Å². The summed E-state index contributed by atoms with van der Waals surface area (Å²) in [6, 6.07) is 0. The molecule has 0 atom stereocenters. The Bertz CT molecular complexity index is 177. The van der Waals surface area contributed by atoms with Gasteiger partial charge >= 0.3 is 7.41 Å². The summed E-state index contributed by atoms with van der Waals surface area (Å²) in [5, 5.41) is 0.525. The molecule has 1 nitrogen and oxygen atoms in total. The molecule has 0 aromatic rings. The molecule has 1 rings (SSSR count). The predicted octanol–water partition coefficient (Wildman–Crippen LogP) is 2.24. The molecule has 1 radical (unpaired) electrons. The van der Waals surface area contributed by atoms with Gasteiger partial charge in [0.15, 0.2) is 0 Å². The Balaban J connectivity index is 2.74. The average molecular weight is 181 g/mol. The van der Waals surface area contributed by atoms with Crippen LogP contribution in [0.3, 0.4) is 0 Å². The van der Waals surface area contributed by atoms with Crippen molar-refractivity contribution < 1.29 is 0 Å². The van der Waals surface area contributed by atoms with Crippen LogP contribution in [0.15, 0.2) is 22.2 Å². The Morgan fingerprint density at radius 3 is 2.56 bits per heavy atom. The molecule has 0 unspecified atom stereocenters. The zero-order valence-electron chi connectivity index (χ0n) is 4.31. The standard InChI is InChI=1S/C4H2BCl3N/c6-3-1-4(7)5-9(8)2-3/h1-2H. The molecule has 0 aliphatic carbocycles. The molecule has 0 aromatic carbocycles. The maximum atomic E-state index is 5.56. The second kappa shape index (κ2) is 2.87. The molecule has 9 heavy (non-hydrogen) atoms. The van der Waals surface area contributed by atoms with E-state index < -0.39 is 0 Å². The van der Waals surface area contributed by atoms with Crippen LogP contribution in [0.4, 0.5) is 0 Å². The molecule has 1 heterocycles. The quantitative estimate of drug-likeness (QED) is 0.409. The van der Waals surface area contributed by atoms with Gasteiger partial charge in [0, 0.05) is 11.1 Å². The molecular weight excluding hydrogens is 179 g/mol. The predicted molar refractivity (Wildman–Crippen MR) is 41.3 cm³/mol. The second-order valence-electron chi connectivity index (χ2n) is 1.52. The number of halogens is 3. The topological polar surface area (TPSA) is 3.24 Å². The third-order valence-electron chi connectivity index (χ3n) is 0.769. The van der Waals surface area contributed by atoms with Crippen molar-refractivity contribution in [3.63, 3.8) is 0 Å². The highest BCUT2D eigenvalue weighted by Crippen LogP contribution is 2.18. The maximum Gasteiger partial charge on any atom is 0.319 e. The Morgan fingerprint density at radius 1 is 1.44 bits per heavy atom. The highest BCUT2D eigenvalue weighted by atomic mass is 35.5. The monoisotopic (exact) mass is 180 g/mol. The normalized spacial score (nSPS) is 18.3. The summed E-state index contributed by atoms with van der Waals surface area (Å²) in [5.74, 6) is 0. The Kier molecular flexibility index (Phi) is 2.33. The summed E-state index contributed by atoms with van der Waals surface area (Å²) in [4.78, 5) is 0.525. The van der Waals surface area contributed by atoms with Gasteiger partial charge in [-0.2, -0.15) is 0 Å². The van der Waals surface area contributed by atoms with Crippen LogP contribution in [0.25, 0.3) is 0 Å². The van der Waals surface area contributed by atoms with Gasteiger partial charge in [0.2, 0.25) is 0 Å². The molecule has 0 bridgehead atoms. The summed E-state index contributed by atoms with van der Waals surface area (Å²) in [7, 11) is 1.55. The van der Waals surface area contributed by atoms with Crippen LogP contribution < -0.4 is 0 Å². The van der Waals surface area contributed by atoms with E-state index >= 15 is 0 Å². The van der Waals surface area contributed by atoms with E-state index in [9.17, 15) is 0 Å². The molecule has 0 aromatic heterocycles. The molecular formula is C4H2BCl3N. The lowest BCUT2D eigenvalue weighted by Crippen LogP contribution is -2.14. The molecule has 0 N–H and O–H groups in total. The maximum absolute atomic E-state index is 5.56. The van der Waals surface area contributed by atoms with Crippen LogP contribution in [-0.4, -0.2) is 11.7 Å². The van der Waals surface area contributed by atoms with Gasteiger partial charge in [0.1, 0.15) is 0 Å². The van der Waals surface area contributed by atoms with E-state index in [0.717, 1.165) is 0 Å². The summed E-state index contributed by atoms with van der Waals surface area (Å²) in [5.41, 5.74) is 0. The molecule has 0 spiro atoms. The molecule has 1 aliphatic heterocycles. The highest BCUT2D eigenvalue weighted by molar-refractivity contribution is 6.66. The highest BCUT2D eigenvalue weighted by Gasteiger charge is 2.08. The van der Waals surface area contributed by atoms with Crippen LogP contribution in [0.2, 0.25) is 0 Å². The lowest BCUT2D eigenvalue weighted by atomic mass is 9.92. The van der Waals surface area contributed by atoms with Crippen LogP contribution in [0.1, 0.15) is 0 Å². The minimum atomic E-state index is 0.525. The van der Waals surface area contributed by atoms with Crippen LogP contribution in [0.5, 0.6) is 0 Å². The average Bonchev–Trinajstić information content (AvgIpc) is 1.59. The Hall–Kier alpha value is 0.215. The van der Waals surface area contributed by atoms with E-state index in [1.807, 2.05) is 0 Å². The van der Waals surface area contributed by atoms with Crippen molar-refractivity contribution in [2.24, 2.45) is 0 Å². The van der Waals surface area contributed by atoms with Crippen molar-refractivity contribution in [3.8, 4) is 0 Å². The van der Waals surface area contributed by atoms with Crippen molar-refractivity contribution in [1.82, 2.24) is 4.33 Å². The van der Waals surface area contributed by atoms with E-state index in [4.69, 9.17) is 35.0 Å². The first-order valence-corrected chi connectivity index (χ1v) is 3.31. The van der Waals surface area contributed by atoms with Gasteiger partial charge in [-0.3, -0.25) is 0 Å². The summed E-state index contributed by atoms with van der Waals surface area (Å²) >= 11 is 16.6. The first-order valence-electron chi connectivity index (χ1n) is 2.22. The van der Waals surface area contributed by atoms with Crippen LogP contribution >= 0.6 is 35.0 Å². The SMILES string of the molecule is ClC1=CC(Cl)=CN(Cl)[B]1. The van der Waals surface area contributed by atoms with Crippen molar-refractivity contribution in [3.05, 3.63) is 22.2 Å². The molecule has 0 amide bonds. The fourth-order valence-corrected chi connectivity index (χ4v) is 1.29. The Morgan fingerprint density at radius 2 is 2.11 bits per heavy atom. The number of allylic oxidation sites excluding steroid dienone is 2. The number of hydrogen-bond acceptors (Lipinski definition) is 1. The molecule has 0 saturated carbocycles. The van der Waals surface area contributed by atoms with Crippen LogP contribution in [0, 0.1) is 0 Å². The number of rotatable bonds is 0. The number of nitrogens with zero attached hydrogens (tertiary/aromatic N) is 1. The van der Waals surface area contributed by atoms with Crippen molar-refractivity contribution in [2.45, 2.75) is 0 Å². The smallest absolute Gasteiger partial charge is 0.319 e. The first-order chi connectivity index (χ1) is 4.18. The fraction of sp³-hybridized carbons (Fsp3) is 0. The van der Waals surface area contributed by atoms with Crippen molar-refractivity contribution in [2.75, 3.05) is 0 Å². The van der Waals surface area contributed by atoms with Gasteiger partial charge in [0.05, 0.1) is 5.03 Å². The minimum Gasteiger partial charge on any atom is -0.334 e. The molecule has 47 valence electrons. The zero-order chi connectivity index (χ0) is 6.85. The lowest BCUT2D eigenvalue weighted by Gasteiger charge is -2.12. The lowest BCUT2D eigenvalue weighted by molar-refractivity contribution is 0.959. The molecule has 5 heteroatoms. The van der Waals surface area contributed by atoms with E-state index in [1.54, 1.807) is 19.7 Å². The Labute approximate surface area is 69.2 Å². The largest absolute Gasteiger partial charge is 0.334 e. The summed E-state index contributed by atoms with van der Waals surface area (Å²) in [6.45, 7) is 0. The van der Waals surface area contributed by atoms with Gasteiger partial charge in [-0.1, -0.05) is 23.2 Å². The molecule has 0 saturated heterocycles. The van der Waals surface area contributed by atoms with Crippen LogP contribution in [-0.2, 0) is 0 Å². The number of hydrogen-bond donors (Lipinski definition) is 0. The van der Waals surface area contributed by atoms with Crippen molar-refractivity contribution in [1.29, 1.82) is 0 Å². The summed E-state index contributed by atoms with van der Waals surface area (Å²) < 4.78 is 1.28. The van der Waals surface area contributed by atoms with Gasteiger partial charge in [-0.15, -0.1) is 0 Å². The third kappa shape index (κ3) is 2.13. The van der Waals surface area contributed by atoms with E-state index in [-0.39, 0.29) is 0 Å². The minimum absolute atomic E-state index is 0.525.